The second-order valence-corrected chi connectivity index (χ2v) is 12.4. The minimum atomic E-state index is 0.683. The number of carbonyl (C=O) groups excluding carboxylic acids is 2. The van der Waals surface area contributed by atoms with E-state index in [1.54, 1.807) is 0 Å². The van der Waals surface area contributed by atoms with E-state index in [-0.39, 0.29) is 0 Å². The zero-order chi connectivity index (χ0) is 32.5. The number of rotatable bonds is 7. The van der Waals surface area contributed by atoms with Gasteiger partial charge >= 0.3 is 0 Å². The van der Waals surface area contributed by atoms with Crippen molar-refractivity contribution in [3.63, 3.8) is 0 Å². The van der Waals surface area contributed by atoms with E-state index in [0.29, 0.717) is 11.1 Å². The normalized spacial score (nSPS) is 11.0. The molecule has 0 heterocycles. The molecule has 0 saturated carbocycles. The van der Waals surface area contributed by atoms with E-state index in [1.807, 2.05) is 48.5 Å². The van der Waals surface area contributed by atoms with Crippen LogP contribution in [0.1, 0.15) is 54.1 Å². The zero-order valence-corrected chi connectivity index (χ0v) is 27.4. The quantitative estimate of drug-likeness (QED) is 0.171. The van der Waals surface area contributed by atoms with Gasteiger partial charge < -0.3 is 0 Å². The van der Waals surface area contributed by atoms with Crippen LogP contribution in [0.25, 0.3) is 55.6 Å². The second kappa shape index (κ2) is 12.6. The molecule has 0 aliphatic heterocycles. The molecule has 0 unspecified atom stereocenters. The molecule has 0 fully saturated rings. The van der Waals surface area contributed by atoms with Gasteiger partial charge in [-0.2, -0.15) is 0 Å². The van der Waals surface area contributed by atoms with E-state index in [9.17, 15) is 9.59 Å². The maximum Gasteiger partial charge on any atom is 0.150 e. The molecule has 6 aromatic rings. The summed E-state index contributed by atoms with van der Waals surface area (Å²) in [4.78, 5) is 22.2. The van der Waals surface area contributed by atoms with Crippen LogP contribution < -0.4 is 0 Å². The van der Waals surface area contributed by atoms with E-state index in [4.69, 9.17) is 0 Å². The van der Waals surface area contributed by atoms with Crippen LogP contribution in [0.4, 0.5) is 0 Å². The lowest BCUT2D eigenvalue weighted by atomic mass is 9.80. The lowest BCUT2D eigenvalue weighted by Crippen LogP contribution is -2.01. The smallest absolute Gasteiger partial charge is 0.150 e. The van der Waals surface area contributed by atoms with Crippen molar-refractivity contribution >= 4 is 12.6 Å². The maximum absolute atomic E-state index is 11.1. The molecule has 0 aliphatic rings. The van der Waals surface area contributed by atoms with Gasteiger partial charge in [0.05, 0.1) is 0 Å². The van der Waals surface area contributed by atoms with Crippen LogP contribution in [0.15, 0.2) is 109 Å². The molecule has 226 valence electrons. The van der Waals surface area contributed by atoms with E-state index in [1.165, 1.54) is 66.8 Å². The van der Waals surface area contributed by atoms with Crippen LogP contribution in [0.5, 0.6) is 0 Å². The fraction of sp³-hybridized carbons (Fsp3) is 0.136. The van der Waals surface area contributed by atoms with Crippen molar-refractivity contribution in [2.45, 2.75) is 41.5 Å². The number of aryl methyl sites for hydroxylation is 4. The maximum atomic E-state index is 11.1. The predicted molar refractivity (Wildman–Crippen MR) is 193 cm³/mol. The molecule has 6 rings (SSSR count). The molecule has 0 aromatic heterocycles. The number of carbonyl (C=O) groups is 2. The van der Waals surface area contributed by atoms with Gasteiger partial charge in [-0.1, -0.05) is 109 Å². The molecule has 46 heavy (non-hydrogen) atoms. The van der Waals surface area contributed by atoms with Gasteiger partial charge in [0.15, 0.2) is 0 Å². The first-order valence-electron chi connectivity index (χ1n) is 15.7. The average Bonchev–Trinajstić information content (AvgIpc) is 3.06. The van der Waals surface area contributed by atoms with Crippen molar-refractivity contribution < 1.29 is 9.59 Å². The van der Waals surface area contributed by atoms with E-state index in [0.717, 1.165) is 34.8 Å². The third-order valence-electron chi connectivity index (χ3n) is 9.30. The van der Waals surface area contributed by atoms with Crippen molar-refractivity contribution in [1.82, 2.24) is 0 Å². The van der Waals surface area contributed by atoms with Crippen molar-refractivity contribution in [3.8, 4) is 55.6 Å². The number of benzene rings is 6. The Hall–Kier alpha value is -5.34. The van der Waals surface area contributed by atoms with E-state index in [2.05, 4.69) is 102 Å². The van der Waals surface area contributed by atoms with Gasteiger partial charge in [0.25, 0.3) is 0 Å². The molecule has 0 saturated heterocycles. The Morgan fingerprint density at radius 2 is 0.565 bits per heavy atom. The number of aldehydes is 2. The molecule has 0 radical (unpaired) electrons. The van der Waals surface area contributed by atoms with Gasteiger partial charge in [-0.05, 0) is 131 Å². The predicted octanol–water partition coefficient (Wildman–Crippen LogP) is 11.5. The van der Waals surface area contributed by atoms with Gasteiger partial charge in [0, 0.05) is 11.1 Å². The summed E-state index contributed by atoms with van der Waals surface area (Å²) >= 11 is 0. The first kappa shape index (κ1) is 30.7. The molecular formula is C44H38O2. The highest BCUT2D eigenvalue weighted by molar-refractivity contribution is 5.90. The van der Waals surface area contributed by atoms with Gasteiger partial charge in [-0.25, -0.2) is 0 Å². The Labute approximate surface area is 272 Å². The van der Waals surface area contributed by atoms with Crippen LogP contribution in [-0.2, 0) is 0 Å². The summed E-state index contributed by atoms with van der Waals surface area (Å²) in [6.07, 6.45) is 1.75. The van der Waals surface area contributed by atoms with Crippen molar-refractivity contribution in [2.75, 3.05) is 0 Å². The molecule has 0 N–H and O–H groups in total. The third kappa shape index (κ3) is 5.63. The topological polar surface area (TPSA) is 34.1 Å². The molecular weight excluding hydrogens is 560 g/mol. The fourth-order valence-electron chi connectivity index (χ4n) is 7.20. The van der Waals surface area contributed by atoms with Crippen LogP contribution in [-0.4, -0.2) is 12.6 Å². The van der Waals surface area contributed by atoms with Gasteiger partial charge in [-0.15, -0.1) is 0 Å². The Bertz CT molecular complexity index is 1920. The highest BCUT2D eigenvalue weighted by Crippen LogP contribution is 2.43. The number of hydrogen-bond acceptors (Lipinski definition) is 2. The Morgan fingerprint density at radius 3 is 0.848 bits per heavy atom. The summed E-state index contributed by atoms with van der Waals surface area (Å²) in [7, 11) is 0. The molecule has 0 atom stereocenters. The second-order valence-electron chi connectivity index (χ2n) is 12.4. The third-order valence-corrected chi connectivity index (χ3v) is 9.30. The van der Waals surface area contributed by atoms with Crippen LogP contribution in [0.3, 0.4) is 0 Å². The first-order valence-corrected chi connectivity index (χ1v) is 15.7. The molecule has 0 spiro atoms. The minimum absolute atomic E-state index is 0.683. The fourth-order valence-corrected chi connectivity index (χ4v) is 7.20. The zero-order valence-electron chi connectivity index (χ0n) is 27.4. The first-order chi connectivity index (χ1) is 22.2. The van der Waals surface area contributed by atoms with E-state index >= 15 is 0 Å². The summed E-state index contributed by atoms with van der Waals surface area (Å²) in [5.41, 5.74) is 21.0. The molecule has 6 aromatic carbocycles. The standard InChI is InChI=1S/C44H38O2/c1-27-23-29(3)43(31(5)41(27)39-19-15-37(16-20-39)35-11-7-33(25-45)8-12-35)44-30(4)24-28(2)42(32(44)6)40-21-17-38(18-22-40)36-13-9-34(26-46)10-14-36/h7-26H,1-6H3. The SMILES string of the molecule is Cc1cc(C)c(-c2c(C)cc(C)c(-c3ccc(-c4ccc(C=O)cc4)cc3)c2C)c(C)c1-c1ccc(-c2ccc(C=O)cc2)cc1. The van der Waals surface area contributed by atoms with Crippen LogP contribution in [0, 0.1) is 41.5 Å². The lowest BCUT2D eigenvalue weighted by molar-refractivity contribution is 0.111. The highest BCUT2D eigenvalue weighted by Gasteiger charge is 2.20. The van der Waals surface area contributed by atoms with E-state index < -0.39 is 0 Å². The molecule has 0 bridgehead atoms. The Balaban J connectivity index is 1.42. The van der Waals surface area contributed by atoms with Gasteiger partial charge in [0.1, 0.15) is 12.6 Å². The van der Waals surface area contributed by atoms with Crippen molar-refractivity contribution in [2.24, 2.45) is 0 Å². The average molecular weight is 599 g/mol. The molecule has 2 heteroatoms. The summed E-state index contributed by atoms with van der Waals surface area (Å²) in [5.74, 6) is 0. The number of hydrogen-bond donors (Lipinski definition) is 0. The lowest BCUT2D eigenvalue weighted by Gasteiger charge is -2.24. The minimum Gasteiger partial charge on any atom is -0.298 e. The molecule has 2 nitrogen and oxygen atoms in total. The monoisotopic (exact) mass is 598 g/mol. The van der Waals surface area contributed by atoms with Gasteiger partial charge in [-0.3, -0.25) is 9.59 Å². The van der Waals surface area contributed by atoms with Gasteiger partial charge in [0.2, 0.25) is 0 Å². The van der Waals surface area contributed by atoms with Crippen molar-refractivity contribution in [3.05, 3.63) is 154 Å². The Morgan fingerprint density at radius 1 is 0.326 bits per heavy atom. The highest BCUT2D eigenvalue weighted by atomic mass is 16.1. The van der Waals surface area contributed by atoms with Crippen molar-refractivity contribution in [1.29, 1.82) is 0 Å². The van der Waals surface area contributed by atoms with Crippen LogP contribution >= 0.6 is 0 Å². The molecule has 0 aliphatic carbocycles. The Kier molecular flexibility index (Phi) is 8.39. The summed E-state index contributed by atoms with van der Waals surface area (Å²) in [6.45, 7) is 13.4. The summed E-state index contributed by atoms with van der Waals surface area (Å²) in [6, 6.07) is 37.6. The largest absolute Gasteiger partial charge is 0.298 e. The summed E-state index contributed by atoms with van der Waals surface area (Å²) in [5, 5.41) is 0. The molecule has 0 amide bonds. The summed E-state index contributed by atoms with van der Waals surface area (Å²) < 4.78 is 0. The van der Waals surface area contributed by atoms with Crippen LogP contribution in [0.2, 0.25) is 0 Å².